The molecular formula is C12H13NO2. The minimum atomic E-state index is -0.0135. The number of hydrogen-bond donors (Lipinski definition) is 3. The fourth-order valence-corrected chi connectivity index (χ4v) is 1.17. The van der Waals surface area contributed by atoms with Crippen molar-refractivity contribution in [2.24, 2.45) is 5.73 Å². The number of allylic oxidation sites excluding steroid dienone is 4. The molecule has 0 unspecified atom stereocenters. The molecular weight excluding hydrogens is 190 g/mol. The summed E-state index contributed by atoms with van der Waals surface area (Å²) in [5, 5.41) is 18.7. The van der Waals surface area contributed by atoms with E-state index in [0.29, 0.717) is 11.1 Å². The molecule has 0 aliphatic heterocycles. The van der Waals surface area contributed by atoms with E-state index in [2.05, 4.69) is 6.58 Å². The Labute approximate surface area is 88.5 Å². The van der Waals surface area contributed by atoms with Crippen LogP contribution in [0.3, 0.4) is 0 Å². The zero-order valence-corrected chi connectivity index (χ0v) is 8.22. The van der Waals surface area contributed by atoms with Crippen molar-refractivity contribution in [1.29, 1.82) is 0 Å². The first-order chi connectivity index (χ1) is 7.19. The van der Waals surface area contributed by atoms with Gasteiger partial charge in [-0.1, -0.05) is 24.8 Å². The van der Waals surface area contributed by atoms with Gasteiger partial charge in [-0.2, -0.15) is 0 Å². The second-order valence-electron chi connectivity index (χ2n) is 2.92. The smallest absolute Gasteiger partial charge is 0.127 e. The normalized spacial score (nSPS) is 11.9. The first kappa shape index (κ1) is 10.9. The number of nitrogens with two attached hydrogens (primary N) is 1. The summed E-state index contributed by atoms with van der Waals surface area (Å²) in [7, 11) is 0. The van der Waals surface area contributed by atoms with Crippen molar-refractivity contribution in [3.63, 3.8) is 0 Å². The molecule has 1 aromatic carbocycles. The maximum atomic E-state index is 9.58. The molecule has 0 atom stereocenters. The van der Waals surface area contributed by atoms with Crippen LogP contribution >= 0.6 is 0 Å². The molecule has 0 aliphatic carbocycles. The van der Waals surface area contributed by atoms with Crippen LogP contribution in [0.5, 0.6) is 11.5 Å². The van der Waals surface area contributed by atoms with E-state index in [-0.39, 0.29) is 11.5 Å². The van der Waals surface area contributed by atoms with Gasteiger partial charge < -0.3 is 15.9 Å². The predicted octanol–water partition coefficient (Wildman–Crippen LogP) is 2.14. The van der Waals surface area contributed by atoms with E-state index in [0.717, 1.165) is 0 Å². The molecule has 0 amide bonds. The Bertz CT molecular complexity index is 420. The first-order valence-corrected chi connectivity index (χ1v) is 4.42. The topological polar surface area (TPSA) is 66.5 Å². The molecule has 0 fully saturated rings. The van der Waals surface area contributed by atoms with Gasteiger partial charge >= 0.3 is 0 Å². The number of aromatic hydroxyl groups is 2. The molecule has 0 saturated heterocycles. The third-order valence-electron chi connectivity index (χ3n) is 1.88. The van der Waals surface area contributed by atoms with Crippen LogP contribution in [-0.4, -0.2) is 10.2 Å². The van der Waals surface area contributed by atoms with Crippen LogP contribution in [0.15, 0.2) is 49.2 Å². The van der Waals surface area contributed by atoms with Crippen molar-refractivity contribution in [1.82, 2.24) is 0 Å². The van der Waals surface area contributed by atoms with Gasteiger partial charge in [-0.05, 0) is 12.1 Å². The van der Waals surface area contributed by atoms with Crippen LogP contribution in [-0.2, 0) is 0 Å². The molecule has 78 valence electrons. The van der Waals surface area contributed by atoms with E-state index in [1.165, 1.54) is 18.3 Å². The SMILES string of the molecule is C=C/C=C\C(=C/N)c1ccc(O)cc1O. The molecule has 1 aromatic rings. The molecule has 0 saturated carbocycles. The fourth-order valence-electron chi connectivity index (χ4n) is 1.17. The molecule has 15 heavy (non-hydrogen) atoms. The predicted molar refractivity (Wildman–Crippen MR) is 61.3 cm³/mol. The second-order valence-corrected chi connectivity index (χ2v) is 2.92. The summed E-state index contributed by atoms with van der Waals surface area (Å²) in [6.45, 7) is 3.54. The molecule has 4 N–H and O–H groups in total. The van der Waals surface area contributed by atoms with Crippen LogP contribution in [0.4, 0.5) is 0 Å². The Balaban J connectivity index is 3.13. The summed E-state index contributed by atoms with van der Waals surface area (Å²) in [5.41, 5.74) is 6.65. The van der Waals surface area contributed by atoms with Crippen LogP contribution in [0.1, 0.15) is 5.56 Å². The van der Waals surface area contributed by atoms with Crippen molar-refractivity contribution in [3.8, 4) is 11.5 Å². The molecule has 0 spiro atoms. The number of phenolic OH excluding ortho intramolecular Hbond substituents is 2. The van der Waals surface area contributed by atoms with Gasteiger partial charge in [-0.25, -0.2) is 0 Å². The number of benzene rings is 1. The standard InChI is InChI=1S/C12H13NO2/c1-2-3-4-9(8-13)11-6-5-10(14)7-12(11)15/h2-8,14-15H,1,13H2/b4-3-,9-8+. The highest BCUT2D eigenvalue weighted by Gasteiger charge is 2.04. The van der Waals surface area contributed by atoms with Gasteiger partial charge in [-0.15, -0.1) is 0 Å². The quantitative estimate of drug-likeness (QED) is 0.659. The third-order valence-corrected chi connectivity index (χ3v) is 1.88. The number of rotatable bonds is 3. The van der Waals surface area contributed by atoms with Crippen LogP contribution < -0.4 is 5.73 Å². The summed E-state index contributed by atoms with van der Waals surface area (Å²) >= 11 is 0. The summed E-state index contributed by atoms with van der Waals surface area (Å²) in [4.78, 5) is 0. The van der Waals surface area contributed by atoms with Crippen molar-refractivity contribution in [2.45, 2.75) is 0 Å². The average Bonchev–Trinajstić information content (AvgIpc) is 2.21. The molecule has 3 nitrogen and oxygen atoms in total. The summed E-state index contributed by atoms with van der Waals surface area (Å²) in [5.74, 6) is 0.000680. The monoisotopic (exact) mass is 203 g/mol. The lowest BCUT2D eigenvalue weighted by Crippen LogP contribution is -1.87. The van der Waals surface area contributed by atoms with E-state index in [1.54, 1.807) is 24.3 Å². The number of phenols is 2. The molecule has 0 aliphatic rings. The van der Waals surface area contributed by atoms with Gasteiger partial charge in [-0.3, -0.25) is 0 Å². The van der Waals surface area contributed by atoms with Crippen molar-refractivity contribution >= 4 is 5.57 Å². The zero-order valence-electron chi connectivity index (χ0n) is 8.22. The molecule has 3 heteroatoms. The largest absolute Gasteiger partial charge is 0.508 e. The highest BCUT2D eigenvalue weighted by molar-refractivity contribution is 5.77. The van der Waals surface area contributed by atoms with Gasteiger partial charge in [0.05, 0.1) is 0 Å². The first-order valence-electron chi connectivity index (χ1n) is 4.42. The van der Waals surface area contributed by atoms with Crippen LogP contribution in [0.25, 0.3) is 5.57 Å². The highest BCUT2D eigenvalue weighted by atomic mass is 16.3. The zero-order chi connectivity index (χ0) is 11.3. The van der Waals surface area contributed by atoms with Crippen LogP contribution in [0.2, 0.25) is 0 Å². The minimum absolute atomic E-state index is 0.0135. The van der Waals surface area contributed by atoms with Gasteiger partial charge in [0.15, 0.2) is 0 Å². The van der Waals surface area contributed by atoms with Gasteiger partial charge in [0.25, 0.3) is 0 Å². The van der Waals surface area contributed by atoms with Gasteiger partial charge in [0.1, 0.15) is 11.5 Å². The Morgan fingerprint density at radius 1 is 1.33 bits per heavy atom. The molecule has 0 radical (unpaired) electrons. The molecule has 0 aromatic heterocycles. The number of hydrogen-bond acceptors (Lipinski definition) is 3. The van der Waals surface area contributed by atoms with Crippen molar-refractivity contribution < 1.29 is 10.2 Å². The van der Waals surface area contributed by atoms with Crippen LogP contribution in [0, 0.1) is 0 Å². The van der Waals surface area contributed by atoms with Crippen molar-refractivity contribution in [3.05, 3.63) is 54.8 Å². The van der Waals surface area contributed by atoms with E-state index in [4.69, 9.17) is 10.8 Å². The Kier molecular flexibility index (Phi) is 3.57. The molecule has 0 heterocycles. The summed E-state index contributed by atoms with van der Waals surface area (Å²) < 4.78 is 0. The molecule has 1 rings (SSSR count). The maximum Gasteiger partial charge on any atom is 0.127 e. The third kappa shape index (κ3) is 2.64. The maximum absolute atomic E-state index is 9.58. The fraction of sp³-hybridized carbons (Fsp3) is 0. The lowest BCUT2D eigenvalue weighted by Gasteiger charge is -2.05. The Hall–Kier alpha value is -2.16. The van der Waals surface area contributed by atoms with E-state index >= 15 is 0 Å². The lowest BCUT2D eigenvalue weighted by molar-refractivity contribution is 0.449. The van der Waals surface area contributed by atoms with E-state index in [9.17, 15) is 5.11 Å². The Morgan fingerprint density at radius 2 is 2.07 bits per heavy atom. The van der Waals surface area contributed by atoms with Gasteiger partial charge in [0.2, 0.25) is 0 Å². The average molecular weight is 203 g/mol. The van der Waals surface area contributed by atoms with E-state index in [1.807, 2.05) is 0 Å². The minimum Gasteiger partial charge on any atom is -0.508 e. The summed E-state index contributed by atoms with van der Waals surface area (Å²) in [6.07, 6.45) is 6.43. The molecule has 0 bridgehead atoms. The van der Waals surface area contributed by atoms with Gasteiger partial charge in [0, 0.05) is 23.4 Å². The summed E-state index contributed by atoms with van der Waals surface area (Å²) in [6, 6.07) is 4.34. The van der Waals surface area contributed by atoms with Crippen molar-refractivity contribution in [2.75, 3.05) is 0 Å². The second kappa shape index (κ2) is 4.91. The van der Waals surface area contributed by atoms with E-state index < -0.39 is 0 Å². The lowest BCUT2D eigenvalue weighted by atomic mass is 10.0. The Morgan fingerprint density at radius 3 is 2.60 bits per heavy atom. The highest BCUT2D eigenvalue weighted by Crippen LogP contribution is 2.28.